The SMILES string of the molecule is c1ccc(-c2ccc(N(c3cncc4c3sc3ccc5ccccc5c34)c3cccc4sc5ccccc5c34)cc2)cc1. The molecule has 0 unspecified atom stereocenters. The minimum atomic E-state index is 1.10. The molecule has 0 fully saturated rings. The molecular formula is C39H24N2S2. The number of hydrogen-bond donors (Lipinski definition) is 0. The summed E-state index contributed by atoms with van der Waals surface area (Å²) < 4.78 is 5.10. The first-order chi connectivity index (χ1) is 21.3. The zero-order chi connectivity index (χ0) is 28.3. The summed E-state index contributed by atoms with van der Waals surface area (Å²) in [6.07, 6.45) is 4.08. The fourth-order valence-electron chi connectivity index (χ4n) is 6.39. The van der Waals surface area contributed by atoms with E-state index in [9.17, 15) is 0 Å². The van der Waals surface area contributed by atoms with Crippen LogP contribution in [0.4, 0.5) is 17.1 Å². The van der Waals surface area contributed by atoms with Crippen molar-refractivity contribution in [2.75, 3.05) is 4.90 Å². The van der Waals surface area contributed by atoms with Crippen molar-refractivity contribution in [3.63, 3.8) is 0 Å². The van der Waals surface area contributed by atoms with Crippen molar-refractivity contribution in [3.05, 3.63) is 146 Å². The molecule has 0 spiro atoms. The predicted octanol–water partition coefficient (Wildman–Crippen LogP) is 12.1. The number of nitrogens with zero attached hydrogens (tertiary/aromatic N) is 2. The van der Waals surface area contributed by atoms with Crippen LogP contribution in [0, 0.1) is 0 Å². The fourth-order valence-corrected chi connectivity index (χ4v) is 8.71. The molecule has 9 aromatic rings. The van der Waals surface area contributed by atoms with E-state index in [1.807, 2.05) is 35.1 Å². The summed E-state index contributed by atoms with van der Waals surface area (Å²) in [4.78, 5) is 7.30. The highest BCUT2D eigenvalue weighted by atomic mass is 32.1. The molecule has 0 aliphatic rings. The van der Waals surface area contributed by atoms with Gasteiger partial charge in [0.25, 0.3) is 0 Å². The van der Waals surface area contributed by atoms with E-state index in [1.165, 1.54) is 67.9 Å². The van der Waals surface area contributed by atoms with Crippen LogP contribution in [-0.4, -0.2) is 4.98 Å². The average Bonchev–Trinajstić information content (AvgIpc) is 3.65. The molecule has 3 heterocycles. The van der Waals surface area contributed by atoms with Crippen LogP contribution in [0.15, 0.2) is 146 Å². The first kappa shape index (κ1) is 24.6. The summed E-state index contributed by atoms with van der Waals surface area (Å²) in [6.45, 7) is 0. The Hall–Kier alpha value is -5.03. The van der Waals surface area contributed by atoms with E-state index in [-0.39, 0.29) is 0 Å². The molecule has 0 amide bonds. The molecule has 0 N–H and O–H groups in total. The second-order valence-corrected chi connectivity index (χ2v) is 12.9. The van der Waals surface area contributed by atoms with Gasteiger partial charge in [-0.15, -0.1) is 22.7 Å². The molecule has 0 saturated heterocycles. The van der Waals surface area contributed by atoms with Gasteiger partial charge < -0.3 is 4.90 Å². The lowest BCUT2D eigenvalue weighted by molar-refractivity contribution is 1.27. The molecule has 0 radical (unpaired) electrons. The average molecular weight is 585 g/mol. The maximum atomic E-state index is 4.88. The summed E-state index contributed by atoms with van der Waals surface area (Å²) in [6, 6.07) is 48.1. The Morgan fingerprint density at radius 3 is 2.05 bits per heavy atom. The van der Waals surface area contributed by atoms with Crippen LogP contribution in [0.25, 0.3) is 62.2 Å². The molecule has 43 heavy (non-hydrogen) atoms. The number of rotatable bonds is 4. The van der Waals surface area contributed by atoms with Crippen molar-refractivity contribution < 1.29 is 0 Å². The van der Waals surface area contributed by atoms with Gasteiger partial charge in [0.2, 0.25) is 0 Å². The van der Waals surface area contributed by atoms with Crippen molar-refractivity contribution in [2.24, 2.45) is 0 Å². The molecule has 6 aromatic carbocycles. The third-order valence-corrected chi connectivity index (χ3v) is 10.7. The predicted molar refractivity (Wildman–Crippen MR) is 188 cm³/mol. The van der Waals surface area contributed by atoms with Gasteiger partial charge in [-0.3, -0.25) is 4.98 Å². The molecule has 3 aromatic heterocycles. The largest absolute Gasteiger partial charge is 0.307 e. The van der Waals surface area contributed by atoms with Crippen molar-refractivity contribution >= 4 is 90.9 Å². The van der Waals surface area contributed by atoms with Gasteiger partial charge in [0.05, 0.1) is 22.3 Å². The zero-order valence-electron chi connectivity index (χ0n) is 23.1. The van der Waals surface area contributed by atoms with Crippen molar-refractivity contribution in [1.82, 2.24) is 4.98 Å². The lowest BCUT2D eigenvalue weighted by atomic mass is 10.0. The fraction of sp³-hybridized carbons (Fsp3) is 0. The summed E-state index contributed by atoms with van der Waals surface area (Å²) in [5, 5.41) is 7.57. The van der Waals surface area contributed by atoms with Gasteiger partial charge in [-0.05, 0) is 58.3 Å². The minimum absolute atomic E-state index is 1.10. The van der Waals surface area contributed by atoms with Crippen LogP contribution in [0.1, 0.15) is 0 Å². The minimum Gasteiger partial charge on any atom is -0.307 e. The number of fused-ring (bicyclic) bond motifs is 8. The Labute approximate surface area is 256 Å². The van der Waals surface area contributed by atoms with E-state index in [1.54, 1.807) is 0 Å². The van der Waals surface area contributed by atoms with Crippen LogP contribution in [0.3, 0.4) is 0 Å². The Morgan fingerprint density at radius 2 is 1.16 bits per heavy atom. The van der Waals surface area contributed by atoms with Crippen molar-refractivity contribution in [1.29, 1.82) is 0 Å². The normalized spacial score (nSPS) is 11.7. The quantitative estimate of drug-likeness (QED) is 0.205. The van der Waals surface area contributed by atoms with E-state index in [0.29, 0.717) is 0 Å². The third-order valence-electron chi connectivity index (χ3n) is 8.34. The maximum absolute atomic E-state index is 4.88. The lowest BCUT2D eigenvalue weighted by Gasteiger charge is -2.27. The number of aromatic nitrogens is 1. The lowest BCUT2D eigenvalue weighted by Crippen LogP contribution is -2.10. The first-order valence-corrected chi connectivity index (χ1v) is 16.0. The number of hydrogen-bond acceptors (Lipinski definition) is 4. The Balaban J connectivity index is 1.34. The van der Waals surface area contributed by atoms with E-state index in [2.05, 4.69) is 138 Å². The molecular weight excluding hydrogens is 561 g/mol. The molecule has 9 rings (SSSR count). The molecule has 0 aliphatic heterocycles. The summed E-state index contributed by atoms with van der Waals surface area (Å²) in [7, 11) is 0. The van der Waals surface area contributed by atoms with Crippen LogP contribution in [0.2, 0.25) is 0 Å². The highest BCUT2D eigenvalue weighted by Crippen LogP contribution is 2.49. The van der Waals surface area contributed by atoms with E-state index in [4.69, 9.17) is 4.98 Å². The molecule has 0 bridgehead atoms. The molecule has 2 nitrogen and oxygen atoms in total. The van der Waals surface area contributed by atoms with Gasteiger partial charge in [0.1, 0.15) is 0 Å². The van der Waals surface area contributed by atoms with Gasteiger partial charge in [-0.2, -0.15) is 0 Å². The van der Waals surface area contributed by atoms with Gasteiger partial charge in [-0.1, -0.05) is 97.1 Å². The third kappa shape index (κ3) is 3.88. The Bertz CT molecular complexity index is 2450. The van der Waals surface area contributed by atoms with Gasteiger partial charge in [0.15, 0.2) is 0 Å². The van der Waals surface area contributed by atoms with Crippen LogP contribution < -0.4 is 4.90 Å². The summed E-state index contributed by atoms with van der Waals surface area (Å²) in [5.74, 6) is 0. The highest BCUT2D eigenvalue weighted by molar-refractivity contribution is 7.26. The molecule has 0 aliphatic carbocycles. The van der Waals surface area contributed by atoms with Gasteiger partial charge in [0, 0.05) is 47.5 Å². The highest BCUT2D eigenvalue weighted by Gasteiger charge is 2.22. The molecule has 0 atom stereocenters. The second-order valence-electron chi connectivity index (χ2n) is 10.8. The second kappa shape index (κ2) is 9.77. The zero-order valence-corrected chi connectivity index (χ0v) is 24.7. The smallest absolute Gasteiger partial charge is 0.0825 e. The van der Waals surface area contributed by atoms with Crippen LogP contribution in [-0.2, 0) is 0 Å². The van der Waals surface area contributed by atoms with Crippen molar-refractivity contribution in [2.45, 2.75) is 0 Å². The number of anilines is 3. The molecule has 202 valence electrons. The number of benzene rings is 6. The standard InChI is InChI=1S/C39H24N2S2/c1-2-9-25(10-3-1)26-17-20-28(21-18-26)41(32-14-8-16-35-38(32)30-13-6-7-15-34(30)42-35)33-24-40-23-31-37-29-12-5-4-11-27(29)19-22-36(37)43-39(31)33/h1-24H. The Morgan fingerprint density at radius 1 is 0.442 bits per heavy atom. The molecule has 0 saturated carbocycles. The summed E-state index contributed by atoms with van der Waals surface area (Å²) >= 11 is 3.71. The first-order valence-electron chi connectivity index (χ1n) is 14.4. The Kier molecular flexibility index (Phi) is 5.58. The summed E-state index contributed by atoms with van der Waals surface area (Å²) in [5.41, 5.74) is 5.79. The van der Waals surface area contributed by atoms with Crippen LogP contribution >= 0.6 is 22.7 Å². The monoisotopic (exact) mass is 584 g/mol. The van der Waals surface area contributed by atoms with E-state index >= 15 is 0 Å². The number of thiophene rings is 2. The number of pyridine rings is 1. The van der Waals surface area contributed by atoms with E-state index in [0.717, 1.165) is 11.4 Å². The van der Waals surface area contributed by atoms with Crippen LogP contribution in [0.5, 0.6) is 0 Å². The van der Waals surface area contributed by atoms with E-state index < -0.39 is 0 Å². The van der Waals surface area contributed by atoms with Gasteiger partial charge >= 0.3 is 0 Å². The van der Waals surface area contributed by atoms with Gasteiger partial charge in [-0.25, -0.2) is 0 Å². The maximum Gasteiger partial charge on any atom is 0.0825 e. The topological polar surface area (TPSA) is 16.1 Å². The molecule has 4 heteroatoms. The van der Waals surface area contributed by atoms with Crippen molar-refractivity contribution in [3.8, 4) is 11.1 Å².